The summed E-state index contributed by atoms with van der Waals surface area (Å²) in [5, 5.41) is 14.1. The Balaban J connectivity index is 1.74. The van der Waals surface area contributed by atoms with Crippen LogP contribution < -0.4 is 14.8 Å². The largest absolute Gasteiger partial charge is 0.486 e. The average molecular weight is 305 g/mol. The lowest BCUT2D eigenvalue weighted by atomic mass is 9.95. The van der Waals surface area contributed by atoms with E-state index in [-0.39, 0.29) is 0 Å². The molecule has 1 fully saturated rings. The highest BCUT2D eigenvalue weighted by atomic mass is 16.6. The number of aliphatic hydroxyl groups is 1. The van der Waals surface area contributed by atoms with Crippen molar-refractivity contribution in [3.63, 3.8) is 0 Å². The lowest BCUT2D eigenvalue weighted by molar-refractivity contribution is 0.0291. The Bertz CT molecular complexity index is 509. The summed E-state index contributed by atoms with van der Waals surface area (Å²) in [6.07, 6.45) is 4.05. The van der Waals surface area contributed by atoms with Crippen LogP contribution in [0.15, 0.2) is 18.2 Å². The second kappa shape index (κ2) is 6.47. The number of rotatable bonds is 7. The lowest BCUT2D eigenvalue weighted by Gasteiger charge is -2.29. The molecule has 1 heterocycles. The van der Waals surface area contributed by atoms with Gasteiger partial charge in [0.05, 0.1) is 5.60 Å². The monoisotopic (exact) mass is 305 g/mol. The summed E-state index contributed by atoms with van der Waals surface area (Å²) in [6, 6.07) is 6.52. The van der Waals surface area contributed by atoms with Crippen molar-refractivity contribution in [3.05, 3.63) is 23.8 Å². The number of hydrogen-bond donors (Lipinski definition) is 2. The third kappa shape index (κ3) is 3.39. The first-order valence-electron chi connectivity index (χ1n) is 8.50. The van der Waals surface area contributed by atoms with E-state index in [0.29, 0.717) is 31.7 Å². The van der Waals surface area contributed by atoms with E-state index < -0.39 is 5.60 Å². The van der Waals surface area contributed by atoms with Gasteiger partial charge in [-0.2, -0.15) is 0 Å². The van der Waals surface area contributed by atoms with Gasteiger partial charge >= 0.3 is 0 Å². The molecule has 1 aliphatic carbocycles. The second-order valence-electron chi connectivity index (χ2n) is 6.53. The number of fused-ring (bicyclic) bond motifs is 1. The molecule has 122 valence electrons. The van der Waals surface area contributed by atoms with E-state index in [1.54, 1.807) is 0 Å². The van der Waals surface area contributed by atoms with E-state index in [1.807, 2.05) is 19.9 Å². The van der Waals surface area contributed by atoms with Gasteiger partial charge in [0.25, 0.3) is 0 Å². The normalized spacial score (nSPS) is 19.0. The van der Waals surface area contributed by atoms with Crippen molar-refractivity contribution < 1.29 is 14.6 Å². The van der Waals surface area contributed by atoms with E-state index >= 15 is 0 Å². The van der Waals surface area contributed by atoms with Gasteiger partial charge in [-0.05, 0) is 49.3 Å². The molecule has 0 aromatic heterocycles. The van der Waals surface area contributed by atoms with Crippen LogP contribution in [0.25, 0.3) is 0 Å². The number of ether oxygens (including phenoxy) is 2. The zero-order valence-electron chi connectivity index (χ0n) is 13.6. The summed E-state index contributed by atoms with van der Waals surface area (Å²) >= 11 is 0. The molecule has 1 aromatic rings. The Morgan fingerprint density at radius 3 is 2.50 bits per heavy atom. The Labute approximate surface area is 132 Å². The zero-order chi connectivity index (χ0) is 15.6. The molecule has 0 saturated heterocycles. The molecule has 2 N–H and O–H groups in total. The fourth-order valence-corrected chi connectivity index (χ4v) is 3.04. The minimum atomic E-state index is -0.610. The predicted molar refractivity (Wildman–Crippen MR) is 86.4 cm³/mol. The molecule has 0 radical (unpaired) electrons. The van der Waals surface area contributed by atoms with Crippen LogP contribution in [0.2, 0.25) is 0 Å². The molecule has 0 spiro atoms. The van der Waals surface area contributed by atoms with Gasteiger partial charge in [0, 0.05) is 12.6 Å². The lowest BCUT2D eigenvalue weighted by Crippen LogP contribution is -2.41. The van der Waals surface area contributed by atoms with E-state index in [1.165, 1.54) is 18.4 Å². The number of nitrogens with one attached hydrogen (secondary N) is 1. The highest BCUT2D eigenvalue weighted by Crippen LogP contribution is 2.43. The van der Waals surface area contributed by atoms with Crippen LogP contribution in [-0.2, 0) is 0 Å². The predicted octanol–water partition coefficient (Wildman–Crippen LogP) is 3.05. The molecule has 1 saturated carbocycles. The van der Waals surface area contributed by atoms with Crippen molar-refractivity contribution >= 4 is 0 Å². The van der Waals surface area contributed by atoms with Gasteiger partial charge in [0.2, 0.25) is 0 Å². The van der Waals surface area contributed by atoms with E-state index in [2.05, 4.69) is 17.4 Å². The quantitative estimate of drug-likeness (QED) is 0.813. The molecule has 2 aliphatic rings. The Hall–Kier alpha value is -1.26. The summed E-state index contributed by atoms with van der Waals surface area (Å²) in [5.41, 5.74) is 0.627. The average Bonchev–Trinajstić information content (AvgIpc) is 3.39. The molecule has 0 bridgehead atoms. The van der Waals surface area contributed by atoms with Crippen molar-refractivity contribution in [2.75, 3.05) is 19.8 Å². The zero-order valence-corrected chi connectivity index (χ0v) is 13.6. The molecule has 22 heavy (non-hydrogen) atoms. The molecule has 1 atom stereocenters. The third-order valence-electron chi connectivity index (χ3n) is 4.99. The maximum atomic E-state index is 10.5. The smallest absolute Gasteiger partial charge is 0.161 e. The van der Waals surface area contributed by atoms with Crippen molar-refractivity contribution in [2.45, 2.75) is 51.2 Å². The fraction of sp³-hybridized carbons (Fsp3) is 0.667. The number of benzene rings is 1. The van der Waals surface area contributed by atoms with E-state index in [0.717, 1.165) is 24.3 Å². The number of hydrogen-bond acceptors (Lipinski definition) is 4. The van der Waals surface area contributed by atoms with Gasteiger partial charge in [-0.15, -0.1) is 0 Å². The van der Waals surface area contributed by atoms with Crippen molar-refractivity contribution in [3.8, 4) is 11.5 Å². The van der Waals surface area contributed by atoms with Crippen molar-refractivity contribution in [2.24, 2.45) is 5.92 Å². The fourth-order valence-electron chi connectivity index (χ4n) is 3.04. The first-order chi connectivity index (χ1) is 10.6. The summed E-state index contributed by atoms with van der Waals surface area (Å²) < 4.78 is 11.3. The molecule has 1 unspecified atom stereocenters. The Morgan fingerprint density at radius 1 is 1.18 bits per heavy atom. The molecule has 4 nitrogen and oxygen atoms in total. The SMILES string of the molecule is CCC(O)(CC)CNC(c1ccc2c(c1)OCCO2)C1CC1. The second-order valence-corrected chi connectivity index (χ2v) is 6.53. The van der Waals surface area contributed by atoms with Gasteiger partial charge in [0.1, 0.15) is 13.2 Å². The van der Waals surface area contributed by atoms with E-state index in [9.17, 15) is 5.11 Å². The van der Waals surface area contributed by atoms with E-state index in [4.69, 9.17) is 9.47 Å². The third-order valence-corrected chi connectivity index (χ3v) is 4.99. The first kappa shape index (κ1) is 15.6. The highest BCUT2D eigenvalue weighted by molar-refractivity contribution is 5.45. The minimum Gasteiger partial charge on any atom is -0.486 e. The van der Waals surface area contributed by atoms with Crippen LogP contribution in [0.3, 0.4) is 0 Å². The molecule has 4 heteroatoms. The molecule has 3 rings (SSSR count). The summed E-state index contributed by atoms with van der Waals surface area (Å²) in [7, 11) is 0. The van der Waals surface area contributed by atoms with Gasteiger partial charge in [-0.25, -0.2) is 0 Å². The van der Waals surface area contributed by atoms with Gasteiger partial charge < -0.3 is 19.9 Å². The van der Waals surface area contributed by atoms with Gasteiger partial charge in [0.15, 0.2) is 11.5 Å². The molecule has 1 aliphatic heterocycles. The van der Waals surface area contributed by atoms with Crippen LogP contribution in [0.1, 0.15) is 51.1 Å². The highest BCUT2D eigenvalue weighted by Gasteiger charge is 2.34. The molecular formula is C18H27NO3. The van der Waals surface area contributed by atoms with Crippen LogP contribution in [0, 0.1) is 5.92 Å². The standard InChI is InChI=1S/C18H27NO3/c1-3-18(20,4-2)12-19-17(13-5-6-13)14-7-8-15-16(11-14)22-10-9-21-15/h7-8,11,13,17,19-20H,3-6,9-10,12H2,1-2H3. The van der Waals surface area contributed by atoms with Crippen LogP contribution in [0.5, 0.6) is 11.5 Å². The minimum absolute atomic E-state index is 0.292. The first-order valence-corrected chi connectivity index (χ1v) is 8.50. The molecular weight excluding hydrogens is 278 g/mol. The van der Waals surface area contributed by atoms with Crippen LogP contribution in [0.4, 0.5) is 0 Å². The summed E-state index contributed by atoms with van der Waals surface area (Å²) in [6.45, 7) is 5.96. The Kier molecular flexibility index (Phi) is 4.59. The van der Waals surface area contributed by atoms with Crippen LogP contribution >= 0.6 is 0 Å². The Morgan fingerprint density at radius 2 is 1.86 bits per heavy atom. The van der Waals surface area contributed by atoms with Gasteiger partial charge in [-0.3, -0.25) is 0 Å². The van der Waals surface area contributed by atoms with Crippen LogP contribution in [-0.4, -0.2) is 30.5 Å². The van der Waals surface area contributed by atoms with Crippen molar-refractivity contribution in [1.82, 2.24) is 5.32 Å². The molecule has 1 aromatic carbocycles. The topological polar surface area (TPSA) is 50.7 Å². The van der Waals surface area contributed by atoms with Gasteiger partial charge in [-0.1, -0.05) is 19.9 Å². The summed E-state index contributed by atoms with van der Waals surface area (Å²) in [5.74, 6) is 2.35. The maximum Gasteiger partial charge on any atom is 0.161 e. The molecule has 0 amide bonds. The van der Waals surface area contributed by atoms with Crippen molar-refractivity contribution in [1.29, 1.82) is 0 Å². The maximum absolute atomic E-state index is 10.5. The summed E-state index contributed by atoms with van der Waals surface area (Å²) in [4.78, 5) is 0.